The Morgan fingerprint density at radius 2 is 2.47 bits per heavy atom. The van der Waals surface area contributed by atoms with Gasteiger partial charge in [-0.1, -0.05) is 0 Å². The van der Waals surface area contributed by atoms with Crippen LogP contribution < -0.4 is 11.1 Å². The van der Waals surface area contributed by atoms with Gasteiger partial charge in [0.25, 0.3) is 5.91 Å². The number of aromatic nitrogens is 5. The molecule has 90 valence electrons. The molecule has 8 heteroatoms. The number of amides is 1. The summed E-state index contributed by atoms with van der Waals surface area (Å²) in [5, 5.41) is 12.8. The van der Waals surface area contributed by atoms with Crippen LogP contribution in [0.2, 0.25) is 0 Å². The Bertz CT molecular complexity index is 475. The second-order valence-electron chi connectivity index (χ2n) is 3.42. The Balaban J connectivity index is 1.70. The highest BCUT2D eigenvalue weighted by molar-refractivity contribution is 5.90. The number of nitrogen functional groups attached to an aromatic ring is 1. The monoisotopic (exact) mass is 235 g/mol. The molecule has 0 aliphatic rings. The number of hydrogen-bond donors (Lipinski definition) is 3. The van der Waals surface area contributed by atoms with E-state index < -0.39 is 0 Å². The van der Waals surface area contributed by atoms with Crippen LogP contribution in [0.1, 0.15) is 17.0 Å². The molecule has 4 N–H and O–H groups in total. The summed E-state index contributed by atoms with van der Waals surface area (Å²) >= 11 is 0. The first kappa shape index (κ1) is 11.1. The molecule has 0 atom stereocenters. The van der Waals surface area contributed by atoms with Crippen LogP contribution in [-0.2, 0) is 6.54 Å². The van der Waals surface area contributed by atoms with Crippen LogP contribution in [-0.4, -0.2) is 37.4 Å². The van der Waals surface area contributed by atoms with Gasteiger partial charge in [-0.05, 0) is 12.5 Å². The van der Waals surface area contributed by atoms with Gasteiger partial charge in [0.1, 0.15) is 0 Å². The van der Waals surface area contributed by atoms with E-state index >= 15 is 0 Å². The van der Waals surface area contributed by atoms with Crippen LogP contribution in [0.4, 0.5) is 5.95 Å². The molecule has 17 heavy (non-hydrogen) atoms. The zero-order valence-corrected chi connectivity index (χ0v) is 9.13. The van der Waals surface area contributed by atoms with Crippen molar-refractivity contribution in [2.24, 2.45) is 0 Å². The lowest BCUT2D eigenvalue weighted by Gasteiger charge is -2.03. The van der Waals surface area contributed by atoms with Gasteiger partial charge in [0.2, 0.25) is 11.8 Å². The third-order valence-corrected chi connectivity index (χ3v) is 2.13. The first-order chi connectivity index (χ1) is 8.25. The number of nitrogens with one attached hydrogen (secondary N) is 2. The number of hydrogen-bond acceptors (Lipinski definition) is 5. The fourth-order valence-corrected chi connectivity index (χ4v) is 1.34. The van der Waals surface area contributed by atoms with E-state index in [-0.39, 0.29) is 17.7 Å². The number of anilines is 1. The molecule has 0 spiro atoms. The van der Waals surface area contributed by atoms with Crippen molar-refractivity contribution in [2.75, 3.05) is 12.3 Å². The standard InChI is InChI=1S/C9H13N7O/c10-9-13-7(14-15-9)8(17)11-3-1-5-16-6-2-4-12-16/h2,4,6H,1,3,5H2,(H,11,17)(H3,10,13,14,15). The predicted octanol–water partition coefficient (Wildman–Crippen LogP) is -0.597. The number of carbonyl (C=O) groups excluding carboxylic acids is 1. The van der Waals surface area contributed by atoms with Gasteiger partial charge in [0.15, 0.2) is 0 Å². The summed E-state index contributed by atoms with van der Waals surface area (Å²) in [6, 6.07) is 1.86. The van der Waals surface area contributed by atoms with Gasteiger partial charge in [0, 0.05) is 25.5 Å². The number of H-pyrrole nitrogens is 1. The van der Waals surface area contributed by atoms with Crippen LogP contribution in [0.3, 0.4) is 0 Å². The second-order valence-corrected chi connectivity index (χ2v) is 3.42. The van der Waals surface area contributed by atoms with Crippen LogP contribution in [0.5, 0.6) is 0 Å². The number of nitrogens with zero attached hydrogens (tertiary/aromatic N) is 4. The second kappa shape index (κ2) is 5.10. The summed E-state index contributed by atoms with van der Waals surface area (Å²) in [4.78, 5) is 15.2. The van der Waals surface area contributed by atoms with E-state index in [0.717, 1.165) is 13.0 Å². The van der Waals surface area contributed by atoms with E-state index in [1.807, 2.05) is 12.3 Å². The molecular formula is C9H13N7O. The first-order valence-corrected chi connectivity index (χ1v) is 5.19. The summed E-state index contributed by atoms with van der Waals surface area (Å²) in [5.41, 5.74) is 5.29. The molecule has 8 nitrogen and oxygen atoms in total. The van der Waals surface area contributed by atoms with Crippen molar-refractivity contribution < 1.29 is 4.79 Å². The van der Waals surface area contributed by atoms with Crippen LogP contribution >= 0.6 is 0 Å². The topological polar surface area (TPSA) is 115 Å². The van der Waals surface area contributed by atoms with Crippen molar-refractivity contribution >= 4 is 11.9 Å². The van der Waals surface area contributed by atoms with Crippen molar-refractivity contribution in [1.29, 1.82) is 0 Å². The number of nitrogens with two attached hydrogens (primary N) is 1. The van der Waals surface area contributed by atoms with Crippen molar-refractivity contribution in [1.82, 2.24) is 30.3 Å². The lowest BCUT2D eigenvalue weighted by Crippen LogP contribution is -2.26. The van der Waals surface area contributed by atoms with Gasteiger partial charge in [-0.25, -0.2) is 0 Å². The molecule has 0 saturated heterocycles. The maximum absolute atomic E-state index is 11.5. The van der Waals surface area contributed by atoms with Crippen LogP contribution in [0.15, 0.2) is 18.5 Å². The molecule has 2 heterocycles. The molecule has 0 aliphatic carbocycles. The molecule has 0 aliphatic heterocycles. The van der Waals surface area contributed by atoms with Gasteiger partial charge < -0.3 is 11.1 Å². The van der Waals surface area contributed by atoms with Crippen LogP contribution in [0, 0.1) is 0 Å². The Hall–Kier alpha value is -2.38. The summed E-state index contributed by atoms with van der Waals surface area (Å²) < 4.78 is 1.80. The molecule has 0 radical (unpaired) electrons. The van der Waals surface area contributed by atoms with Crippen molar-refractivity contribution in [3.63, 3.8) is 0 Å². The minimum Gasteiger partial charge on any atom is -0.366 e. The SMILES string of the molecule is Nc1n[nH]c(C(=O)NCCCn2cccn2)n1. The largest absolute Gasteiger partial charge is 0.366 e. The summed E-state index contributed by atoms with van der Waals surface area (Å²) in [7, 11) is 0. The molecule has 0 bridgehead atoms. The minimum absolute atomic E-state index is 0.0618. The fourth-order valence-electron chi connectivity index (χ4n) is 1.34. The highest BCUT2D eigenvalue weighted by Gasteiger charge is 2.09. The number of rotatable bonds is 5. The zero-order chi connectivity index (χ0) is 12.1. The van der Waals surface area contributed by atoms with Gasteiger partial charge in [-0.15, -0.1) is 5.10 Å². The predicted molar refractivity (Wildman–Crippen MR) is 60.0 cm³/mol. The summed E-state index contributed by atoms with van der Waals surface area (Å²) in [6.45, 7) is 1.30. The minimum atomic E-state index is -0.310. The highest BCUT2D eigenvalue weighted by atomic mass is 16.2. The highest BCUT2D eigenvalue weighted by Crippen LogP contribution is 1.93. The maximum atomic E-state index is 11.5. The van der Waals surface area contributed by atoms with Gasteiger partial charge in [-0.2, -0.15) is 10.1 Å². The molecule has 0 aromatic carbocycles. The molecule has 2 aromatic rings. The van der Waals surface area contributed by atoms with E-state index in [1.54, 1.807) is 10.9 Å². The summed E-state index contributed by atoms with van der Waals surface area (Å²) in [6.07, 6.45) is 4.38. The number of carbonyl (C=O) groups is 1. The molecule has 2 aromatic heterocycles. The van der Waals surface area contributed by atoms with E-state index in [4.69, 9.17) is 5.73 Å². The van der Waals surface area contributed by atoms with Crippen LogP contribution in [0.25, 0.3) is 0 Å². The Morgan fingerprint density at radius 3 is 3.12 bits per heavy atom. The van der Waals surface area contributed by atoms with E-state index in [1.165, 1.54) is 0 Å². The fraction of sp³-hybridized carbons (Fsp3) is 0.333. The van der Waals surface area contributed by atoms with Gasteiger partial charge in [0.05, 0.1) is 0 Å². The van der Waals surface area contributed by atoms with E-state index in [0.29, 0.717) is 6.54 Å². The van der Waals surface area contributed by atoms with Crippen molar-refractivity contribution in [3.8, 4) is 0 Å². The Kier molecular flexibility index (Phi) is 3.34. The zero-order valence-electron chi connectivity index (χ0n) is 9.13. The molecular weight excluding hydrogens is 222 g/mol. The lowest BCUT2D eigenvalue weighted by atomic mass is 10.4. The molecule has 0 fully saturated rings. The molecule has 1 amide bonds. The third-order valence-electron chi connectivity index (χ3n) is 2.13. The van der Waals surface area contributed by atoms with Crippen molar-refractivity contribution in [3.05, 3.63) is 24.3 Å². The smallest absolute Gasteiger partial charge is 0.288 e. The normalized spacial score (nSPS) is 10.4. The molecule has 0 unspecified atom stereocenters. The lowest BCUT2D eigenvalue weighted by molar-refractivity contribution is 0.0942. The van der Waals surface area contributed by atoms with Gasteiger partial charge in [-0.3, -0.25) is 14.6 Å². The summed E-state index contributed by atoms with van der Waals surface area (Å²) in [5.74, 6) is -0.122. The van der Waals surface area contributed by atoms with Gasteiger partial charge >= 0.3 is 0 Å². The molecule has 0 saturated carbocycles. The quantitative estimate of drug-likeness (QED) is 0.599. The van der Waals surface area contributed by atoms with E-state index in [2.05, 4.69) is 25.6 Å². The maximum Gasteiger partial charge on any atom is 0.288 e. The first-order valence-electron chi connectivity index (χ1n) is 5.19. The number of aromatic amines is 1. The Labute approximate surface area is 97.2 Å². The van der Waals surface area contributed by atoms with Crippen molar-refractivity contribution in [2.45, 2.75) is 13.0 Å². The average Bonchev–Trinajstić information content (AvgIpc) is 2.95. The average molecular weight is 235 g/mol. The third kappa shape index (κ3) is 3.03. The Morgan fingerprint density at radius 1 is 1.59 bits per heavy atom. The number of aryl methyl sites for hydroxylation is 1. The van der Waals surface area contributed by atoms with E-state index in [9.17, 15) is 4.79 Å². The molecule has 2 rings (SSSR count).